The lowest BCUT2D eigenvalue weighted by Crippen LogP contribution is -2.35. The highest BCUT2D eigenvalue weighted by molar-refractivity contribution is 6.31. The van der Waals surface area contributed by atoms with E-state index in [1.54, 1.807) is 26.1 Å². The molecule has 0 saturated heterocycles. The molecule has 0 unspecified atom stereocenters. The molecule has 2 aromatic rings. The molecule has 0 fully saturated rings. The van der Waals surface area contributed by atoms with Gasteiger partial charge in [0.05, 0.1) is 11.3 Å². The molecule has 22 heavy (non-hydrogen) atoms. The zero-order valence-corrected chi connectivity index (χ0v) is 12.6. The van der Waals surface area contributed by atoms with Crippen molar-refractivity contribution in [3.05, 3.63) is 28.5 Å². The standard InChI is InChI=1S/C14H12ClN3O4/c1-6-11(14(20)21)17-13(16-6)8-3-7(15)4-9-12(8)22-5-10(19)18(9)2/h3-4H,5H2,1-2H3,(H,16,17)(H,20,21). The maximum atomic E-state index is 11.7. The molecule has 2 N–H and O–H groups in total. The average molecular weight is 322 g/mol. The van der Waals surface area contributed by atoms with E-state index in [4.69, 9.17) is 21.4 Å². The normalized spacial score (nSPS) is 13.8. The third-order valence-electron chi connectivity index (χ3n) is 3.45. The van der Waals surface area contributed by atoms with Crippen LogP contribution in [0.4, 0.5) is 5.69 Å². The SMILES string of the molecule is Cc1[nH]c(-c2cc(Cl)cc3c2OCC(=O)N3C)nc1C(=O)O. The van der Waals surface area contributed by atoms with Crippen LogP contribution >= 0.6 is 11.6 Å². The molecule has 2 heterocycles. The Hall–Kier alpha value is -2.54. The molecular formula is C14H12ClN3O4. The predicted octanol–water partition coefficient (Wildman–Crippen LogP) is 2.09. The number of likely N-dealkylation sites (N-methyl/N-ethyl adjacent to an activating group) is 1. The van der Waals surface area contributed by atoms with E-state index in [-0.39, 0.29) is 18.2 Å². The Morgan fingerprint density at radius 2 is 2.23 bits per heavy atom. The zero-order chi connectivity index (χ0) is 16.0. The van der Waals surface area contributed by atoms with Crippen LogP contribution in [0, 0.1) is 6.92 Å². The molecule has 0 saturated carbocycles. The van der Waals surface area contributed by atoms with Gasteiger partial charge >= 0.3 is 5.97 Å². The van der Waals surface area contributed by atoms with Crippen LogP contribution in [0.25, 0.3) is 11.4 Å². The van der Waals surface area contributed by atoms with Crippen LogP contribution in [0.3, 0.4) is 0 Å². The first-order chi connectivity index (χ1) is 10.4. The van der Waals surface area contributed by atoms with Gasteiger partial charge in [-0.25, -0.2) is 9.78 Å². The monoisotopic (exact) mass is 321 g/mol. The van der Waals surface area contributed by atoms with Crippen molar-refractivity contribution in [2.45, 2.75) is 6.92 Å². The number of H-pyrrole nitrogens is 1. The lowest BCUT2D eigenvalue weighted by molar-refractivity contribution is -0.120. The third kappa shape index (κ3) is 2.19. The Labute approximate surface area is 130 Å². The number of aromatic nitrogens is 2. The van der Waals surface area contributed by atoms with Crippen LogP contribution < -0.4 is 9.64 Å². The topological polar surface area (TPSA) is 95.5 Å². The summed E-state index contributed by atoms with van der Waals surface area (Å²) in [6.45, 7) is 1.52. The number of carboxylic acid groups (broad SMARTS) is 1. The largest absolute Gasteiger partial charge is 0.481 e. The van der Waals surface area contributed by atoms with Crippen molar-refractivity contribution in [2.75, 3.05) is 18.6 Å². The molecule has 0 radical (unpaired) electrons. The van der Waals surface area contributed by atoms with E-state index in [0.717, 1.165) is 0 Å². The van der Waals surface area contributed by atoms with E-state index in [1.807, 2.05) is 0 Å². The van der Waals surface area contributed by atoms with Gasteiger partial charge in [0.25, 0.3) is 5.91 Å². The molecule has 1 aromatic carbocycles. The molecule has 1 aromatic heterocycles. The Bertz CT molecular complexity index is 800. The fraction of sp³-hybridized carbons (Fsp3) is 0.214. The number of ether oxygens (including phenoxy) is 1. The predicted molar refractivity (Wildman–Crippen MR) is 79.6 cm³/mol. The maximum Gasteiger partial charge on any atom is 0.356 e. The number of aryl methyl sites for hydroxylation is 1. The molecular weight excluding hydrogens is 310 g/mol. The smallest absolute Gasteiger partial charge is 0.356 e. The van der Waals surface area contributed by atoms with E-state index in [9.17, 15) is 9.59 Å². The number of carboxylic acids is 1. The first-order valence-electron chi connectivity index (χ1n) is 6.41. The van der Waals surface area contributed by atoms with Crippen LogP contribution in [0.15, 0.2) is 12.1 Å². The Kier molecular flexibility index (Phi) is 3.29. The molecule has 1 aliphatic heterocycles. The summed E-state index contributed by atoms with van der Waals surface area (Å²) in [5, 5.41) is 9.50. The lowest BCUT2D eigenvalue weighted by atomic mass is 10.1. The van der Waals surface area contributed by atoms with Crippen molar-refractivity contribution in [2.24, 2.45) is 0 Å². The van der Waals surface area contributed by atoms with Gasteiger partial charge in [0.1, 0.15) is 5.82 Å². The number of nitrogens with zero attached hydrogens (tertiary/aromatic N) is 2. The summed E-state index contributed by atoms with van der Waals surface area (Å²) in [5.74, 6) is -0.541. The number of imidazole rings is 1. The van der Waals surface area contributed by atoms with Crippen molar-refractivity contribution < 1.29 is 19.4 Å². The summed E-state index contributed by atoms with van der Waals surface area (Å²) >= 11 is 6.10. The van der Waals surface area contributed by atoms with Crippen molar-refractivity contribution in [3.8, 4) is 17.1 Å². The second-order valence-corrected chi connectivity index (χ2v) is 5.34. The number of hydrogen-bond donors (Lipinski definition) is 2. The number of amides is 1. The molecule has 1 aliphatic rings. The molecule has 0 atom stereocenters. The molecule has 0 bridgehead atoms. The van der Waals surface area contributed by atoms with Crippen molar-refractivity contribution in [1.29, 1.82) is 0 Å². The van der Waals surface area contributed by atoms with Gasteiger partial charge in [-0.2, -0.15) is 0 Å². The molecule has 7 nitrogen and oxygen atoms in total. The van der Waals surface area contributed by atoms with Crippen LogP contribution in [0.5, 0.6) is 5.75 Å². The van der Waals surface area contributed by atoms with Gasteiger partial charge in [0.15, 0.2) is 18.1 Å². The average Bonchev–Trinajstić information content (AvgIpc) is 2.85. The molecule has 114 valence electrons. The van der Waals surface area contributed by atoms with Crippen molar-refractivity contribution in [3.63, 3.8) is 0 Å². The van der Waals surface area contributed by atoms with Crippen LogP contribution in [-0.2, 0) is 4.79 Å². The highest BCUT2D eigenvalue weighted by Crippen LogP contribution is 2.42. The summed E-state index contributed by atoms with van der Waals surface area (Å²) in [6.07, 6.45) is 0. The fourth-order valence-electron chi connectivity index (χ4n) is 2.32. The first-order valence-corrected chi connectivity index (χ1v) is 6.79. The number of hydrogen-bond acceptors (Lipinski definition) is 4. The van der Waals surface area contributed by atoms with E-state index < -0.39 is 5.97 Å². The van der Waals surface area contributed by atoms with Gasteiger partial charge in [-0.05, 0) is 19.1 Å². The Balaban J connectivity index is 2.20. The van der Waals surface area contributed by atoms with E-state index >= 15 is 0 Å². The summed E-state index contributed by atoms with van der Waals surface area (Å²) in [4.78, 5) is 31.3. The first kappa shape index (κ1) is 14.4. The van der Waals surface area contributed by atoms with E-state index in [1.165, 1.54) is 4.90 Å². The maximum absolute atomic E-state index is 11.7. The number of carbonyl (C=O) groups excluding carboxylic acids is 1. The highest BCUT2D eigenvalue weighted by Gasteiger charge is 2.27. The van der Waals surface area contributed by atoms with Gasteiger partial charge in [-0.15, -0.1) is 0 Å². The van der Waals surface area contributed by atoms with Crippen LogP contribution in [-0.4, -0.2) is 40.6 Å². The van der Waals surface area contributed by atoms with Gasteiger partial charge in [-0.1, -0.05) is 11.6 Å². The minimum Gasteiger partial charge on any atom is -0.481 e. The molecule has 0 aliphatic carbocycles. The number of nitrogens with one attached hydrogen (secondary N) is 1. The summed E-state index contributed by atoms with van der Waals surface area (Å²) in [7, 11) is 1.62. The van der Waals surface area contributed by atoms with Gasteiger partial charge in [0, 0.05) is 17.8 Å². The molecule has 3 rings (SSSR count). The number of fused-ring (bicyclic) bond motifs is 1. The summed E-state index contributed by atoms with van der Waals surface area (Å²) in [5.41, 5.74) is 1.39. The highest BCUT2D eigenvalue weighted by atomic mass is 35.5. The number of anilines is 1. The minimum atomic E-state index is -1.12. The van der Waals surface area contributed by atoms with Crippen LogP contribution in [0.1, 0.15) is 16.2 Å². The van der Waals surface area contributed by atoms with E-state index in [0.29, 0.717) is 33.5 Å². The zero-order valence-electron chi connectivity index (χ0n) is 11.8. The Morgan fingerprint density at radius 3 is 2.86 bits per heavy atom. The second-order valence-electron chi connectivity index (χ2n) is 4.91. The van der Waals surface area contributed by atoms with Gasteiger partial charge in [-0.3, -0.25) is 4.79 Å². The van der Waals surface area contributed by atoms with E-state index in [2.05, 4.69) is 9.97 Å². The molecule has 1 amide bonds. The number of rotatable bonds is 2. The van der Waals surface area contributed by atoms with Crippen LogP contribution in [0.2, 0.25) is 5.02 Å². The molecule has 0 spiro atoms. The van der Waals surface area contributed by atoms with Crippen molar-refractivity contribution in [1.82, 2.24) is 9.97 Å². The number of aromatic carboxylic acids is 1. The fourth-order valence-corrected chi connectivity index (χ4v) is 2.53. The molecule has 8 heteroatoms. The third-order valence-corrected chi connectivity index (χ3v) is 3.67. The number of aromatic amines is 1. The van der Waals surface area contributed by atoms with Gasteiger partial charge in [0.2, 0.25) is 0 Å². The van der Waals surface area contributed by atoms with Crippen molar-refractivity contribution >= 4 is 29.2 Å². The van der Waals surface area contributed by atoms with Gasteiger partial charge < -0.3 is 19.7 Å². The number of benzene rings is 1. The Morgan fingerprint density at radius 1 is 1.50 bits per heavy atom. The number of halogens is 1. The summed E-state index contributed by atoms with van der Waals surface area (Å²) < 4.78 is 5.50. The second kappa shape index (κ2) is 5.03. The summed E-state index contributed by atoms with van der Waals surface area (Å²) in [6, 6.07) is 3.24. The quantitative estimate of drug-likeness (QED) is 0.883. The lowest BCUT2D eigenvalue weighted by Gasteiger charge is -2.27. The minimum absolute atomic E-state index is 0.0658. The number of carbonyl (C=O) groups is 2.